The van der Waals surface area contributed by atoms with E-state index in [2.05, 4.69) is 10.6 Å². The average Bonchev–Trinajstić information content (AvgIpc) is 2.69. The summed E-state index contributed by atoms with van der Waals surface area (Å²) in [5, 5.41) is 5.73. The summed E-state index contributed by atoms with van der Waals surface area (Å²) >= 11 is 0. The van der Waals surface area contributed by atoms with E-state index in [0.717, 1.165) is 11.8 Å². The van der Waals surface area contributed by atoms with Crippen molar-refractivity contribution in [3.63, 3.8) is 0 Å². The van der Waals surface area contributed by atoms with Gasteiger partial charge in [-0.2, -0.15) is 0 Å². The summed E-state index contributed by atoms with van der Waals surface area (Å²) in [6.07, 6.45) is 2.46. The molecule has 2 rings (SSSR count). The van der Waals surface area contributed by atoms with Crippen molar-refractivity contribution in [2.45, 2.75) is 44.6 Å². The van der Waals surface area contributed by atoms with E-state index in [0.29, 0.717) is 49.8 Å². The zero-order valence-electron chi connectivity index (χ0n) is 18.2. The maximum Gasteiger partial charge on any atom is 0.224 e. The Kier molecular flexibility index (Phi) is 9.05. The van der Waals surface area contributed by atoms with Crippen LogP contribution in [0.4, 0.5) is 5.69 Å². The van der Waals surface area contributed by atoms with Crippen molar-refractivity contribution in [3.8, 4) is 5.75 Å². The first-order valence-corrected chi connectivity index (χ1v) is 12.1. The van der Waals surface area contributed by atoms with E-state index < -0.39 is 9.84 Å². The van der Waals surface area contributed by atoms with E-state index in [1.165, 1.54) is 12.1 Å². The number of hydrogen-bond acceptors (Lipinski definition) is 5. The third-order valence-electron chi connectivity index (χ3n) is 4.36. The highest BCUT2D eigenvalue weighted by Gasteiger charge is 2.08. The number of carbonyl (C=O) groups is 2. The van der Waals surface area contributed by atoms with Gasteiger partial charge >= 0.3 is 0 Å². The monoisotopic (exact) mass is 446 g/mol. The SMILES string of the molecule is CC(C)CC(=O)Nc1cccc(CNC(=O)CCCOc2ccc(S(C)(=O)=O)cc2)c1. The summed E-state index contributed by atoms with van der Waals surface area (Å²) < 4.78 is 28.4. The number of benzene rings is 2. The van der Waals surface area contributed by atoms with Gasteiger partial charge in [-0.3, -0.25) is 9.59 Å². The lowest BCUT2D eigenvalue weighted by atomic mass is 10.1. The minimum Gasteiger partial charge on any atom is -0.494 e. The van der Waals surface area contributed by atoms with Gasteiger partial charge < -0.3 is 15.4 Å². The number of hydrogen-bond donors (Lipinski definition) is 2. The Hall–Kier alpha value is -2.87. The normalized spacial score (nSPS) is 11.2. The van der Waals surface area contributed by atoms with E-state index in [4.69, 9.17) is 4.74 Å². The molecule has 7 nitrogen and oxygen atoms in total. The molecule has 0 unspecified atom stereocenters. The molecule has 2 amide bonds. The van der Waals surface area contributed by atoms with Crippen molar-refractivity contribution < 1.29 is 22.7 Å². The Labute approximate surface area is 184 Å². The third kappa shape index (κ3) is 9.21. The van der Waals surface area contributed by atoms with Crippen molar-refractivity contribution in [2.24, 2.45) is 5.92 Å². The van der Waals surface area contributed by atoms with Crippen molar-refractivity contribution in [3.05, 3.63) is 54.1 Å². The van der Waals surface area contributed by atoms with Gasteiger partial charge in [-0.25, -0.2) is 8.42 Å². The van der Waals surface area contributed by atoms with E-state index >= 15 is 0 Å². The molecular formula is C23H30N2O5S. The molecule has 2 aromatic carbocycles. The van der Waals surface area contributed by atoms with Gasteiger partial charge in [-0.1, -0.05) is 26.0 Å². The highest BCUT2D eigenvalue weighted by molar-refractivity contribution is 7.90. The molecule has 0 aliphatic carbocycles. The lowest BCUT2D eigenvalue weighted by Gasteiger charge is -2.10. The van der Waals surface area contributed by atoms with E-state index in [-0.39, 0.29) is 16.7 Å². The standard InChI is InChI=1S/C23H30N2O5S/c1-17(2)14-23(27)25-19-7-4-6-18(15-19)16-24-22(26)8-5-13-30-20-9-11-21(12-10-20)31(3,28)29/h4,6-7,9-12,15,17H,5,8,13-14,16H2,1-3H3,(H,24,26)(H,25,27). The molecule has 168 valence electrons. The molecule has 0 aliphatic heterocycles. The Balaban J connectivity index is 1.70. The molecule has 2 aromatic rings. The summed E-state index contributed by atoms with van der Waals surface area (Å²) in [5.74, 6) is 0.731. The van der Waals surface area contributed by atoms with Crippen LogP contribution in [0.5, 0.6) is 5.75 Å². The van der Waals surface area contributed by atoms with Crippen LogP contribution in [0, 0.1) is 5.92 Å². The minimum absolute atomic E-state index is 0.0258. The van der Waals surface area contributed by atoms with Gasteiger partial charge in [0.1, 0.15) is 5.75 Å². The lowest BCUT2D eigenvalue weighted by Crippen LogP contribution is -2.23. The van der Waals surface area contributed by atoms with Gasteiger partial charge in [0.15, 0.2) is 9.84 Å². The van der Waals surface area contributed by atoms with Crippen LogP contribution < -0.4 is 15.4 Å². The van der Waals surface area contributed by atoms with Gasteiger partial charge in [0.2, 0.25) is 11.8 Å². The number of rotatable bonds is 11. The molecule has 0 saturated heterocycles. The second kappa shape index (κ2) is 11.5. The predicted molar refractivity (Wildman–Crippen MR) is 121 cm³/mol. The van der Waals surface area contributed by atoms with Crippen LogP contribution in [0.2, 0.25) is 0 Å². The zero-order chi connectivity index (χ0) is 22.9. The fourth-order valence-corrected chi connectivity index (χ4v) is 3.47. The first-order chi connectivity index (χ1) is 14.6. The number of carbonyl (C=O) groups excluding carboxylic acids is 2. The summed E-state index contributed by atoms with van der Waals surface area (Å²) in [7, 11) is -3.23. The van der Waals surface area contributed by atoms with Gasteiger partial charge in [0.25, 0.3) is 0 Å². The second-order valence-corrected chi connectivity index (χ2v) is 9.83. The summed E-state index contributed by atoms with van der Waals surface area (Å²) in [4.78, 5) is 24.2. The summed E-state index contributed by atoms with van der Waals surface area (Å²) in [6, 6.07) is 13.6. The van der Waals surface area contributed by atoms with Crippen molar-refractivity contribution in [1.82, 2.24) is 5.32 Å². The van der Waals surface area contributed by atoms with Gasteiger partial charge in [-0.05, 0) is 54.3 Å². The highest BCUT2D eigenvalue weighted by atomic mass is 32.2. The van der Waals surface area contributed by atoms with Gasteiger partial charge in [0.05, 0.1) is 11.5 Å². The van der Waals surface area contributed by atoms with Crippen LogP contribution in [-0.4, -0.2) is 33.1 Å². The first kappa shape index (κ1) is 24.4. The van der Waals surface area contributed by atoms with E-state index in [1.54, 1.807) is 12.1 Å². The summed E-state index contributed by atoms with van der Waals surface area (Å²) in [6.45, 7) is 4.71. The number of anilines is 1. The van der Waals surface area contributed by atoms with Crippen LogP contribution in [0.25, 0.3) is 0 Å². The van der Waals surface area contributed by atoms with Crippen molar-refractivity contribution in [2.75, 3.05) is 18.2 Å². The Morgan fingerprint density at radius 3 is 2.39 bits per heavy atom. The molecule has 0 aliphatic rings. The van der Waals surface area contributed by atoms with Crippen molar-refractivity contribution in [1.29, 1.82) is 0 Å². The van der Waals surface area contributed by atoms with Crippen LogP contribution >= 0.6 is 0 Å². The third-order valence-corrected chi connectivity index (χ3v) is 5.49. The molecule has 8 heteroatoms. The molecule has 2 N–H and O–H groups in total. The molecule has 0 spiro atoms. The maximum absolute atomic E-state index is 12.1. The van der Waals surface area contributed by atoms with E-state index in [9.17, 15) is 18.0 Å². The highest BCUT2D eigenvalue weighted by Crippen LogP contribution is 2.16. The summed E-state index contributed by atoms with van der Waals surface area (Å²) in [5.41, 5.74) is 1.62. The smallest absolute Gasteiger partial charge is 0.224 e. The Bertz CT molecular complexity index is 985. The largest absolute Gasteiger partial charge is 0.494 e. The molecular weight excluding hydrogens is 416 g/mol. The number of sulfone groups is 1. The van der Waals surface area contributed by atoms with Crippen LogP contribution in [0.3, 0.4) is 0 Å². The molecule has 0 atom stereocenters. The maximum atomic E-state index is 12.1. The Morgan fingerprint density at radius 2 is 1.74 bits per heavy atom. The van der Waals surface area contributed by atoms with Gasteiger partial charge in [-0.15, -0.1) is 0 Å². The van der Waals surface area contributed by atoms with Crippen LogP contribution in [0.15, 0.2) is 53.4 Å². The molecule has 0 radical (unpaired) electrons. The lowest BCUT2D eigenvalue weighted by molar-refractivity contribution is -0.121. The number of nitrogens with one attached hydrogen (secondary N) is 2. The second-order valence-electron chi connectivity index (χ2n) is 7.82. The average molecular weight is 447 g/mol. The molecule has 0 bridgehead atoms. The number of amides is 2. The van der Waals surface area contributed by atoms with Crippen molar-refractivity contribution >= 4 is 27.3 Å². The molecule has 0 saturated carbocycles. The molecule has 0 heterocycles. The van der Waals surface area contributed by atoms with Crippen LogP contribution in [-0.2, 0) is 26.0 Å². The predicted octanol–water partition coefficient (Wildman–Crippen LogP) is 3.55. The number of ether oxygens (including phenoxy) is 1. The van der Waals surface area contributed by atoms with Crippen LogP contribution in [0.1, 0.15) is 38.7 Å². The molecule has 0 aromatic heterocycles. The zero-order valence-corrected chi connectivity index (χ0v) is 19.0. The van der Waals surface area contributed by atoms with E-state index in [1.807, 2.05) is 38.1 Å². The Morgan fingerprint density at radius 1 is 1.03 bits per heavy atom. The fourth-order valence-electron chi connectivity index (χ4n) is 2.84. The van der Waals surface area contributed by atoms with Gasteiger partial charge in [0, 0.05) is 31.3 Å². The minimum atomic E-state index is -3.23. The molecule has 31 heavy (non-hydrogen) atoms. The topological polar surface area (TPSA) is 102 Å². The quantitative estimate of drug-likeness (QED) is 0.514. The fraction of sp³-hybridized carbons (Fsp3) is 0.391. The molecule has 0 fully saturated rings. The first-order valence-electron chi connectivity index (χ1n) is 10.2.